The SMILES string of the molecule is O=c1cc(-c2ccccc2OCc2cccc(C(F)(F)F)c2)ccn1[C@H]1CCCC[C@@H]1O. The molecule has 2 atom stereocenters. The summed E-state index contributed by atoms with van der Waals surface area (Å²) >= 11 is 0. The molecule has 4 nitrogen and oxygen atoms in total. The Morgan fingerprint density at radius 2 is 1.78 bits per heavy atom. The van der Waals surface area contributed by atoms with Gasteiger partial charge in [-0.25, -0.2) is 0 Å². The monoisotopic (exact) mass is 443 g/mol. The van der Waals surface area contributed by atoms with Gasteiger partial charge in [0.05, 0.1) is 17.7 Å². The Morgan fingerprint density at radius 3 is 2.53 bits per heavy atom. The average molecular weight is 443 g/mol. The van der Waals surface area contributed by atoms with Crippen molar-refractivity contribution >= 4 is 0 Å². The van der Waals surface area contributed by atoms with Crippen LogP contribution in [0.3, 0.4) is 0 Å². The van der Waals surface area contributed by atoms with Crippen LogP contribution < -0.4 is 10.3 Å². The third kappa shape index (κ3) is 4.88. The molecule has 0 spiro atoms. The van der Waals surface area contributed by atoms with E-state index in [1.54, 1.807) is 41.1 Å². The first-order valence-corrected chi connectivity index (χ1v) is 10.6. The van der Waals surface area contributed by atoms with E-state index in [1.807, 2.05) is 6.07 Å². The lowest BCUT2D eigenvalue weighted by atomic mass is 9.92. The van der Waals surface area contributed by atoms with E-state index < -0.39 is 17.8 Å². The predicted molar refractivity (Wildman–Crippen MR) is 115 cm³/mol. The topological polar surface area (TPSA) is 51.5 Å². The quantitative estimate of drug-likeness (QED) is 0.559. The molecule has 1 aliphatic rings. The van der Waals surface area contributed by atoms with Crippen molar-refractivity contribution < 1.29 is 23.0 Å². The van der Waals surface area contributed by atoms with Crippen LogP contribution in [0, 0.1) is 0 Å². The van der Waals surface area contributed by atoms with Crippen LogP contribution in [0.15, 0.2) is 71.7 Å². The molecule has 1 N–H and O–H groups in total. The number of aliphatic hydroxyl groups is 1. The summed E-state index contributed by atoms with van der Waals surface area (Å²) in [7, 11) is 0. The van der Waals surface area contributed by atoms with Gasteiger partial charge in [-0.15, -0.1) is 0 Å². The van der Waals surface area contributed by atoms with Crippen LogP contribution in [-0.4, -0.2) is 15.8 Å². The zero-order valence-corrected chi connectivity index (χ0v) is 17.4. The van der Waals surface area contributed by atoms with E-state index in [0.717, 1.165) is 31.4 Å². The van der Waals surface area contributed by atoms with Crippen molar-refractivity contribution in [2.75, 3.05) is 0 Å². The second-order valence-corrected chi connectivity index (χ2v) is 8.06. The van der Waals surface area contributed by atoms with E-state index in [1.165, 1.54) is 12.1 Å². The van der Waals surface area contributed by atoms with Crippen molar-refractivity contribution in [1.29, 1.82) is 0 Å². The molecule has 1 saturated carbocycles. The predicted octanol–water partition coefficient (Wildman–Crippen LogP) is 5.59. The van der Waals surface area contributed by atoms with Gasteiger partial charge in [-0.05, 0) is 48.2 Å². The Balaban J connectivity index is 1.56. The molecule has 0 bridgehead atoms. The molecule has 1 fully saturated rings. The third-order valence-electron chi connectivity index (χ3n) is 5.85. The molecule has 4 rings (SSSR count). The molecular formula is C25H24F3NO3. The maximum atomic E-state index is 13.0. The summed E-state index contributed by atoms with van der Waals surface area (Å²) in [6.07, 6.45) is 0.130. The van der Waals surface area contributed by atoms with Crippen LogP contribution in [0.25, 0.3) is 11.1 Å². The molecule has 1 aliphatic carbocycles. The third-order valence-corrected chi connectivity index (χ3v) is 5.85. The van der Waals surface area contributed by atoms with E-state index in [4.69, 9.17) is 4.74 Å². The smallest absolute Gasteiger partial charge is 0.416 e. The Bertz CT molecular complexity index is 1140. The number of halogens is 3. The summed E-state index contributed by atoms with van der Waals surface area (Å²) < 4.78 is 46.3. The Labute approximate surface area is 183 Å². The molecule has 0 saturated heterocycles. The number of rotatable bonds is 5. The molecule has 2 aromatic carbocycles. The van der Waals surface area contributed by atoms with Crippen LogP contribution in [0.4, 0.5) is 13.2 Å². The average Bonchev–Trinajstić information content (AvgIpc) is 2.78. The highest BCUT2D eigenvalue weighted by Gasteiger charge is 2.30. The van der Waals surface area contributed by atoms with Crippen molar-refractivity contribution in [2.45, 2.75) is 50.6 Å². The van der Waals surface area contributed by atoms with Crippen molar-refractivity contribution in [3.8, 4) is 16.9 Å². The number of para-hydroxylation sites is 1. The minimum absolute atomic E-state index is 0.0355. The first-order valence-electron chi connectivity index (χ1n) is 10.6. The van der Waals surface area contributed by atoms with Gasteiger partial charge >= 0.3 is 6.18 Å². The van der Waals surface area contributed by atoms with Crippen molar-refractivity contribution in [3.63, 3.8) is 0 Å². The van der Waals surface area contributed by atoms with Crippen LogP contribution in [0.1, 0.15) is 42.9 Å². The number of ether oxygens (including phenoxy) is 1. The molecule has 0 radical (unpaired) electrons. The zero-order chi connectivity index (χ0) is 22.7. The maximum absolute atomic E-state index is 13.0. The van der Waals surface area contributed by atoms with Crippen LogP contribution in [-0.2, 0) is 12.8 Å². The number of nitrogens with zero attached hydrogens (tertiary/aromatic N) is 1. The van der Waals surface area contributed by atoms with Gasteiger partial charge in [0.2, 0.25) is 0 Å². The molecular weight excluding hydrogens is 419 g/mol. The number of aromatic nitrogens is 1. The van der Waals surface area contributed by atoms with E-state index >= 15 is 0 Å². The highest BCUT2D eigenvalue weighted by molar-refractivity contribution is 5.69. The summed E-state index contributed by atoms with van der Waals surface area (Å²) in [5.74, 6) is 0.472. The Morgan fingerprint density at radius 1 is 1.00 bits per heavy atom. The fourth-order valence-corrected chi connectivity index (χ4v) is 4.18. The lowest BCUT2D eigenvalue weighted by Gasteiger charge is -2.29. The molecule has 0 aliphatic heterocycles. The maximum Gasteiger partial charge on any atom is 0.416 e. The van der Waals surface area contributed by atoms with Crippen LogP contribution >= 0.6 is 0 Å². The van der Waals surface area contributed by atoms with Gasteiger partial charge in [-0.1, -0.05) is 43.2 Å². The standard InChI is InChI=1S/C25H24F3NO3/c26-25(27,28)19-7-5-6-17(14-19)16-32-23-11-4-1-8-20(23)18-12-13-29(24(31)15-18)21-9-2-3-10-22(21)30/h1,4-8,11-15,21-22,30H,2-3,9-10,16H2/t21-,22-/m0/s1. The number of benzene rings is 2. The van der Waals surface area contributed by atoms with Gasteiger partial charge in [-0.2, -0.15) is 13.2 Å². The normalized spacial score (nSPS) is 19.0. The molecule has 1 aromatic heterocycles. The number of alkyl halides is 3. The first-order chi connectivity index (χ1) is 15.3. The summed E-state index contributed by atoms with van der Waals surface area (Å²) in [6, 6.07) is 15.2. The molecule has 168 valence electrons. The minimum Gasteiger partial charge on any atom is -0.488 e. The van der Waals surface area contributed by atoms with Gasteiger partial charge in [0, 0.05) is 17.8 Å². The summed E-state index contributed by atoms with van der Waals surface area (Å²) in [4.78, 5) is 12.8. The molecule has 1 heterocycles. The second kappa shape index (κ2) is 9.20. The number of pyridine rings is 1. The molecule has 3 aromatic rings. The lowest BCUT2D eigenvalue weighted by molar-refractivity contribution is -0.137. The van der Waals surface area contributed by atoms with E-state index in [2.05, 4.69) is 0 Å². The summed E-state index contributed by atoms with van der Waals surface area (Å²) in [5, 5.41) is 10.3. The molecule has 0 unspecified atom stereocenters. The zero-order valence-electron chi connectivity index (χ0n) is 17.4. The second-order valence-electron chi connectivity index (χ2n) is 8.06. The number of aliphatic hydroxyl groups excluding tert-OH is 1. The van der Waals surface area contributed by atoms with E-state index in [-0.39, 0.29) is 18.2 Å². The van der Waals surface area contributed by atoms with Gasteiger partial charge < -0.3 is 14.4 Å². The van der Waals surface area contributed by atoms with Gasteiger partial charge in [0.25, 0.3) is 5.56 Å². The lowest BCUT2D eigenvalue weighted by Crippen LogP contribution is -2.34. The number of hydrogen-bond donors (Lipinski definition) is 1. The first kappa shape index (κ1) is 22.1. The molecule has 32 heavy (non-hydrogen) atoms. The fraction of sp³-hybridized carbons (Fsp3) is 0.320. The molecule has 0 amide bonds. The van der Waals surface area contributed by atoms with Crippen molar-refractivity contribution in [1.82, 2.24) is 4.57 Å². The van der Waals surface area contributed by atoms with E-state index in [9.17, 15) is 23.1 Å². The van der Waals surface area contributed by atoms with Crippen LogP contribution in [0.2, 0.25) is 0 Å². The largest absolute Gasteiger partial charge is 0.488 e. The highest BCUT2D eigenvalue weighted by atomic mass is 19.4. The van der Waals surface area contributed by atoms with Gasteiger partial charge in [-0.3, -0.25) is 4.79 Å². The molecule has 7 heteroatoms. The summed E-state index contributed by atoms with van der Waals surface area (Å²) in [6.45, 7) is -0.0355. The van der Waals surface area contributed by atoms with Crippen molar-refractivity contribution in [2.24, 2.45) is 0 Å². The van der Waals surface area contributed by atoms with Gasteiger partial charge in [0.1, 0.15) is 12.4 Å². The summed E-state index contributed by atoms with van der Waals surface area (Å²) in [5.41, 5.74) is 0.793. The van der Waals surface area contributed by atoms with Crippen LogP contribution in [0.5, 0.6) is 5.75 Å². The fourth-order valence-electron chi connectivity index (χ4n) is 4.18. The number of hydrogen-bond acceptors (Lipinski definition) is 3. The highest BCUT2D eigenvalue weighted by Crippen LogP contribution is 2.33. The van der Waals surface area contributed by atoms with E-state index in [0.29, 0.717) is 28.9 Å². The van der Waals surface area contributed by atoms with Gasteiger partial charge in [0.15, 0.2) is 0 Å². The Kier molecular flexibility index (Phi) is 6.37. The Hall–Kier alpha value is -3.06. The minimum atomic E-state index is -4.41. The van der Waals surface area contributed by atoms with Crippen molar-refractivity contribution in [3.05, 3.63) is 88.3 Å².